The number of hydrogen-bond donors (Lipinski definition) is 3. The average Bonchev–Trinajstić information content (AvgIpc) is 2.85. The van der Waals surface area contributed by atoms with Crippen LogP contribution < -0.4 is 5.32 Å². The van der Waals surface area contributed by atoms with Gasteiger partial charge in [0.05, 0.1) is 33.3 Å². The lowest BCUT2D eigenvalue weighted by atomic mass is 9.79. The molecule has 0 spiro atoms. The molecule has 10 heteroatoms. The van der Waals surface area contributed by atoms with E-state index < -0.39 is 17.3 Å². The van der Waals surface area contributed by atoms with Crippen LogP contribution in [0.2, 0.25) is 10.0 Å². The van der Waals surface area contributed by atoms with Crippen LogP contribution in [-0.2, 0) is 9.59 Å². The van der Waals surface area contributed by atoms with Gasteiger partial charge in [-0.05, 0) is 78.1 Å². The van der Waals surface area contributed by atoms with Crippen LogP contribution in [0.5, 0.6) is 0 Å². The van der Waals surface area contributed by atoms with Crippen molar-refractivity contribution in [2.75, 3.05) is 13.1 Å². The summed E-state index contributed by atoms with van der Waals surface area (Å²) < 4.78 is 0. The zero-order valence-electron chi connectivity index (χ0n) is 22.4. The van der Waals surface area contributed by atoms with E-state index in [0.717, 1.165) is 44.7 Å². The maximum Gasteiger partial charge on any atom is 0.257 e. The molecule has 1 aromatic rings. The number of pyridine rings is 1. The Labute approximate surface area is 234 Å². The first kappa shape index (κ1) is 30.3. The maximum atomic E-state index is 13.8. The second-order valence-electron chi connectivity index (χ2n) is 11.0. The van der Waals surface area contributed by atoms with Gasteiger partial charge < -0.3 is 20.7 Å². The van der Waals surface area contributed by atoms with E-state index in [4.69, 9.17) is 28.6 Å². The van der Waals surface area contributed by atoms with Crippen LogP contribution in [0.15, 0.2) is 23.7 Å². The second kappa shape index (κ2) is 13.2. The first-order valence-electron chi connectivity index (χ1n) is 13.2. The zero-order valence-corrected chi connectivity index (χ0v) is 23.9. The molecular weight excluding hydrogens is 527 g/mol. The molecule has 3 rings (SSSR count). The molecule has 0 aliphatic heterocycles. The lowest BCUT2D eigenvalue weighted by molar-refractivity contribution is -0.127. The van der Waals surface area contributed by atoms with E-state index in [0.29, 0.717) is 25.1 Å². The molecule has 8 nitrogen and oxygen atoms in total. The van der Waals surface area contributed by atoms with Crippen molar-refractivity contribution in [2.45, 2.75) is 83.8 Å². The molecule has 3 N–H and O–H groups in total. The van der Waals surface area contributed by atoms with E-state index in [9.17, 15) is 19.5 Å². The standard InChI is InChI=1S/C28H38Cl2N4O4/c1-17(33-21-6-4-20(5-7-21)18(2)35)22(12-31)27(37)34(15-19-8-10-28(3,38)11-9-19)16-25(36)26-23(29)13-32-14-24(26)30/h12-14,19-21,31,33,38H,4-11,15-16H2,1-3H3/b22-17+,31-12?/t19?,20-,21-,28?. The third-order valence-electron chi connectivity index (χ3n) is 7.92. The first-order valence-corrected chi connectivity index (χ1v) is 14.0. The number of ketones is 2. The van der Waals surface area contributed by atoms with E-state index in [1.807, 2.05) is 6.92 Å². The Morgan fingerprint density at radius 2 is 1.68 bits per heavy atom. The molecule has 38 heavy (non-hydrogen) atoms. The summed E-state index contributed by atoms with van der Waals surface area (Å²) in [5, 5.41) is 22.0. The third-order valence-corrected chi connectivity index (χ3v) is 8.49. The minimum atomic E-state index is -0.721. The summed E-state index contributed by atoms with van der Waals surface area (Å²) in [4.78, 5) is 44.1. The van der Waals surface area contributed by atoms with Crippen molar-refractivity contribution in [1.82, 2.24) is 15.2 Å². The van der Waals surface area contributed by atoms with Crippen molar-refractivity contribution < 1.29 is 19.5 Å². The van der Waals surface area contributed by atoms with Crippen molar-refractivity contribution in [1.29, 1.82) is 5.41 Å². The Morgan fingerprint density at radius 1 is 1.11 bits per heavy atom. The fourth-order valence-electron chi connectivity index (χ4n) is 5.47. The Hall–Kier alpha value is -2.29. The number of nitrogens with one attached hydrogen (secondary N) is 2. The molecule has 2 saturated carbocycles. The highest BCUT2D eigenvalue weighted by Gasteiger charge is 2.33. The van der Waals surface area contributed by atoms with Gasteiger partial charge in [0.25, 0.3) is 5.91 Å². The Bertz CT molecular complexity index is 1070. The van der Waals surface area contributed by atoms with Crippen LogP contribution >= 0.6 is 23.2 Å². The van der Waals surface area contributed by atoms with E-state index >= 15 is 0 Å². The molecule has 1 amide bonds. The molecule has 1 heterocycles. The van der Waals surface area contributed by atoms with Crippen LogP contribution in [-0.4, -0.2) is 63.4 Å². The van der Waals surface area contributed by atoms with Gasteiger partial charge in [-0.3, -0.25) is 19.4 Å². The molecule has 0 bridgehead atoms. The van der Waals surface area contributed by atoms with Gasteiger partial charge in [-0.25, -0.2) is 0 Å². The van der Waals surface area contributed by atoms with Crippen LogP contribution in [0.3, 0.4) is 0 Å². The topological polar surface area (TPSA) is 123 Å². The fraction of sp³-hybridized carbons (Fsp3) is 0.607. The number of aromatic nitrogens is 1. The lowest BCUT2D eigenvalue weighted by Crippen LogP contribution is -2.43. The monoisotopic (exact) mass is 564 g/mol. The summed E-state index contributed by atoms with van der Waals surface area (Å²) in [5.41, 5.74) is 0.146. The highest BCUT2D eigenvalue weighted by atomic mass is 35.5. The number of halogens is 2. The number of Topliss-reactive ketones (excluding diaryl/α,β-unsaturated/α-hetero) is 2. The van der Waals surface area contributed by atoms with Gasteiger partial charge in [-0.2, -0.15) is 0 Å². The molecule has 0 radical (unpaired) electrons. The number of aliphatic hydroxyl groups is 1. The normalized spacial score (nSPS) is 26.2. The van der Waals surface area contributed by atoms with Crippen molar-refractivity contribution in [3.63, 3.8) is 0 Å². The number of hydrogen-bond acceptors (Lipinski definition) is 7. The van der Waals surface area contributed by atoms with Crippen molar-refractivity contribution >= 4 is 46.9 Å². The largest absolute Gasteiger partial charge is 0.390 e. The number of rotatable bonds is 10. The SMILES string of the molecule is C/C(N[C@H]1CC[C@H](C(C)=O)CC1)=C(/C=N)C(=O)N(CC(=O)c1c(Cl)cncc1Cl)CC1CCC(C)(O)CC1. The van der Waals surface area contributed by atoms with Gasteiger partial charge in [0.1, 0.15) is 5.78 Å². The highest BCUT2D eigenvalue weighted by Crippen LogP contribution is 2.33. The van der Waals surface area contributed by atoms with Gasteiger partial charge in [-0.1, -0.05) is 23.2 Å². The predicted octanol–water partition coefficient (Wildman–Crippen LogP) is 5.00. The minimum Gasteiger partial charge on any atom is -0.390 e. The summed E-state index contributed by atoms with van der Waals surface area (Å²) in [6, 6.07) is 0.110. The molecule has 208 valence electrons. The third kappa shape index (κ3) is 7.87. The number of nitrogens with zero attached hydrogens (tertiary/aromatic N) is 2. The van der Waals surface area contributed by atoms with E-state index in [1.54, 1.807) is 13.8 Å². The van der Waals surface area contributed by atoms with Gasteiger partial charge in [-0.15, -0.1) is 0 Å². The molecule has 0 saturated heterocycles. The van der Waals surface area contributed by atoms with E-state index in [-0.39, 0.29) is 51.4 Å². The Kier molecular flexibility index (Phi) is 10.5. The van der Waals surface area contributed by atoms with E-state index in [1.165, 1.54) is 17.3 Å². The maximum absolute atomic E-state index is 13.8. The van der Waals surface area contributed by atoms with Crippen LogP contribution in [0.4, 0.5) is 0 Å². The molecule has 0 atom stereocenters. The number of carbonyl (C=O) groups is 3. The Morgan fingerprint density at radius 3 is 2.21 bits per heavy atom. The summed E-state index contributed by atoms with van der Waals surface area (Å²) in [6.45, 7) is 5.28. The highest BCUT2D eigenvalue weighted by molar-refractivity contribution is 6.39. The molecule has 2 aliphatic rings. The van der Waals surface area contributed by atoms with Crippen LogP contribution in [0.25, 0.3) is 0 Å². The minimum absolute atomic E-state index is 0.0887. The fourth-order valence-corrected chi connectivity index (χ4v) is 6.05. The molecule has 1 aromatic heterocycles. The molecule has 2 aliphatic carbocycles. The predicted molar refractivity (Wildman–Crippen MR) is 149 cm³/mol. The lowest BCUT2D eigenvalue weighted by Gasteiger charge is -2.36. The van der Waals surface area contributed by atoms with Crippen molar-refractivity contribution in [3.8, 4) is 0 Å². The molecular formula is C28H38Cl2N4O4. The Balaban J connectivity index is 1.81. The molecule has 0 unspecified atom stereocenters. The number of carbonyl (C=O) groups excluding carboxylic acids is 3. The molecule has 2 fully saturated rings. The van der Waals surface area contributed by atoms with Gasteiger partial charge in [0.2, 0.25) is 0 Å². The van der Waals surface area contributed by atoms with E-state index in [2.05, 4.69) is 10.3 Å². The second-order valence-corrected chi connectivity index (χ2v) is 11.8. The van der Waals surface area contributed by atoms with Gasteiger partial charge >= 0.3 is 0 Å². The van der Waals surface area contributed by atoms with Gasteiger partial charge in [0, 0.05) is 42.8 Å². The summed E-state index contributed by atoms with van der Waals surface area (Å²) >= 11 is 12.4. The number of amides is 1. The average molecular weight is 566 g/mol. The summed E-state index contributed by atoms with van der Waals surface area (Å²) in [6.07, 6.45) is 9.61. The summed E-state index contributed by atoms with van der Waals surface area (Å²) in [7, 11) is 0. The van der Waals surface area contributed by atoms with Gasteiger partial charge in [0.15, 0.2) is 5.78 Å². The van der Waals surface area contributed by atoms with Crippen molar-refractivity contribution in [2.24, 2.45) is 11.8 Å². The van der Waals surface area contributed by atoms with Crippen LogP contribution in [0.1, 0.15) is 82.5 Å². The van der Waals surface area contributed by atoms with Crippen molar-refractivity contribution in [3.05, 3.63) is 39.3 Å². The smallest absolute Gasteiger partial charge is 0.257 e. The molecule has 0 aromatic carbocycles. The quantitative estimate of drug-likeness (QED) is 0.208. The summed E-state index contributed by atoms with van der Waals surface area (Å²) in [5.74, 6) is -0.418. The zero-order chi connectivity index (χ0) is 28.0. The van der Waals surface area contributed by atoms with Crippen LogP contribution in [0, 0.1) is 17.2 Å². The first-order chi connectivity index (χ1) is 17.9. The number of allylic oxidation sites excluding steroid dienone is 1.